The van der Waals surface area contributed by atoms with Gasteiger partial charge < -0.3 is 15.2 Å². The molecule has 0 spiro atoms. The number of hydrogen-bond acceptors (Lipinski definition) is 3. The minimum atomic E-state index is -0.803. The summed E-state index contributed by atoms with van der Waals surface area (Å²) < 4.78 is 5.19. The van der Waals surface area contributed by atoms with Crippen molar-refractivity contribution < 1.29 is 19.4 Å². The van der Waals surface area contributed by atoms with Crippen LogP contribution in [0.4, 0.5) is 4.79 Å². The van der Waals surface area contributed by atoms with Gasteiger partial charge in [0.05, 0.1) is 5.92 Å². The third-order valence-electron chi connectivity index (χ3n) is 3.88. The molecule has 5 heteroatoms. The van der Waals surface area contributed by atoms with Crippen LogP contribution in [0.15, 0.2) is 0 Å². The van der Waals surface area contributed by atoms with Crippen LogP contribution in [0, 0.1) is 17.8 Å². The molecule has 18 heavy (non-hydrogen) atoms. The van der Waals surface area contributed by atoms with Crippen LogP contribution >= 0.6 is 0 Å². The molecule has 2 saturated carbocycles. The molecule has 4 atom stereocenters. The first-order valence-corrected chi connectivity index (χ1v) is 6.50. The SMILES string of the molecule is CC(C)(C)OC(=O)N[C@@H]1[C@H]2CC[C@H](C2)[C@H]1C(=O)O. The summed E-state index contributed by atoms with van der Waals surface area (Å²) in [6, 6.07) is -0.268. The van der Waals surface area contributed by atoms with Crippen LogP contribution in [-0.2, 0) is 9.53 Å². The Morgan fingerprint density at radius 1 is 1.22 bits per heavy atom. The van der Waals surface area contributed by atoms with Gasteiger partial charge in [-0.3, -0.25) is 4.79 Å². The van der Waals surface area contributed by atoms with Crippen LogP contribution < -0.4 is 5.32 Å². The van der Waals surface area contributed by atoms with E-state index in [4.69, 9.17) is 4.74 Å². The molecule has 0 heterocycles. The van der Waals surface area contributed by atoms with Crippen LogP contribution in [0.5, 0.6) is 0 Å². The molecular weight excluding hydrogens is 234 g/mol. The Hall–Kier alpha value is -1.26. The predicted molar refractivity (Wildman–Crippen MR) is 65.1 cm³/mol. The number of aliphatic carboxylic acids is 1. The van der Waals surface area contributed by atoms with Gasteiger partial charge in [-0.1, -0.05) is 0 Å². The second-order valence-corrected chi connectivity index (χ2v) is 6.37. The van der Waals surface area contributed by atoms with Crippen molar-refractivity contribution in [3.05, 3.63) is 0 Å². The van der Waals surface area contributed by atoms with Gasteiger partial charge in [-0.2, -0.15) is 0 Å². The van der Waals surface area contributed by atoms with Gasteiger partial charge in [-0.15, -0.1) is 0 Å². The normalized spacial score (nSPS) is 34.4. The van der Waals surface area contributed by atoms with Crippen molar-refractivity contribution in [1.82, 2.24) is 5.32 Å². The minimum absolute atomic E-state index is 0.215. The zero-order valence-electron chi connectivity index (χ0n) is 11.1. The van der Waals surface area contributed by atoms with E-state index in [1.165, 1.54) is 0 Å². The fourth-order valence-corrected chi connectivity index (χ4v) is 3.30. The molecule has 2 aliphatic carbocycles. The van der Waals surface area contributed by atoms with Crippen LogP contribution in [-0.4, -0.2) is 28.8 Å². The van der Waals surface area contributed by atoms with Crippen molar-refractivity contribution in [1.29, 1.82) is 0 Å². The number of carboxylic acids is 1. The van der Waals surface area contributed by atoms with E-state index in [-0.39, 0.29) is 12.0 Å². The summed E-state index contributed by atoms with van der Waals surface area (Å²) >= 11 is 0. The standard InChI is InChI=1S/C13H21NO4/c1-13(2,3)18-12(17)14-10-8-5-4-7(6-8)9(10)11(15)16/h7-10H,4-6H2,1-3H3,(H,14,17)(H,15,16)/t7-,8+,9-,10-/m1/s1. The highest BCUT2D eigenvalue weighted by atomic mass is 16.6. The van der Waals surface area contributed by atoms with Crippen LogP contribution in [0.1, 0.15) is 40.0 Å². The van der Waals surface area contributed by atoms with Crippen molar-refractivity contribution in [3.63, 3.8) is 0 Å². The minimum Gasteiger partial charge on any atom is -0.481 e. The lowest BCUT2D eigenvalue weighted by atomic mass is 9.84. The maximum atomic E-state index is 11.7. The largest absolute Gasteiger partial charge is 0.481 e. The molecule has 0 radical (unpaired) electrons. The van der Waals surface area contributed by atoms with Gasteiger partial charge >= 0.3 is 12.1 Å². The molecule has 1 amide bonds. The number of rotatable bonds is 2. The molecule has 2 aliphatic rings. The van der Waals surface area contributed by atoms with E-state index >= 15 is 0 Å². The molecular formula is C13H21NO4. The number of carbonyl (C=O) groups excluding carboxylic acids is 1. The van der Waals surface area contributed by atoms with Gasteiger partial charge in [0.1, 0.15) is 5.60 Å². The zero-order valence-corrected chi connectivity index (χ0v) is 11.1. The highest BCUT2D eigenvalue weighted by molar-refractivity contribution is 5.75. The summed E-state index contributed by atoms with van der Waals surface area (Å²) in [5.74, 6) is -0.740. The highest BCUT2D eigenvalue weighted by Crippen LogP contribution is 2.48. The number of amides is 1. The lowest BCUT2D eigenvalue weighted by Gasteiger charge is -2.30. The molecule has 0 saturated heterocycles. The lowest BCUT2D eigenvalue weighted by molar-refractivity contribution is -0.144. The lowest BCUT2D eigenvalue weighted by Crippen LogP contribution is -2.48. The Bertz CT molecular complexity index is 360. The number of fused-ring (bicyclic) bond motifs is 2. The van der Waals surface area contributed by atoms with Gasteiger partial charge in [0.25, 0.3) is 0 Å². The summed E-state index contributed by atoms with van der Waals surface area (Å²) in [7, 11) is 0. The molecule has 2 bridgehead atoms. The van der Waals surface area contributed by atoms with Gasteiger partial charge in [0, 0.05) is 6.04 Å². The van der Waals surface area contributed by atoms with Gasteiger partial charge in [0.2, 0.25) is 0 Å². The first-order valence-electron chi connectivity index (χ1n) is 6.50. The molecule has 5 nitrogen and oxygen atoms in total. The van der Waals surface area contributed by atoms with Crippen LogP contribution in [0.3, 0.4) is 0 Å². The van der Waals surface area contributed by atoms with Gasteiger partial charge in [-0.05, 0) is 51.9 Å². The van der Waals surface area contributed by atoms with E-state index in [1.54, 1.807) is 20.8 Å². The summed E-state index contributed by atoms with van der Waals surface area (Å²) in [5, 5.41) is 12.0. The van der Waals surface area contributed by atoms with Crippen molar-refractivity contribution in [2.45, 2.75) is 51.7 Å². The average Bonchev–Trinajstić information content (AvgIpc) is 2.73. The summed E-state index contributed by atoms with van der Waals surface area (Å²) in [6.07, 6.45) is 2.38. The van der Waals surface area contributed by atoms with Crippen molar-refractivity contribution >= 4 is 12.1 Å². The van der Waals surface area contributed by atoms with Gasteiger partial charge in [0.15, 0.2) is 0 Å². The number of carboxylic acid groups (broad SMARTS) is 1. The van der Waals surface area contributed by atoms with Crippen molar-refractivity contribution in [2.24, 2.45) is 17.8 Å². The number of hydrogen-bond donors (Lipinski definition) is 2. The molecule has 0 aromatic heterocycles. The Morgan fingerprint density at radius 3 is 2.39 bits per heavy atom. The highest BCUT2D eigenvalue weighted by Gasteiger charge is 2.51. The predicted octanol–water partition coefficient (Wildman–Crippen LogP) is 2.01. The van der Waals surface area contributed by atoms with Crippen LogP contribution in [0.25, 0.3) is 0 Å². The average molecular weight is 255 g/mol. The van der Waals surface area contributed by atoms with Crippen LogP contribution in [0.2, 0.25) is 0 Å². The molecule has 2 fully saturated rings. The van der Waals surface area contributed by atoms with E-state index in [2.05, 4.69) is 5.32 Å². The fourth-order valence-electron chi connectivity index (χ4n) is 3.30. The second kappa shape index (κ2) is 4.44. The molecule has 0 aromatic carbocycles. The maximum absolute atomic E-state index is 11.7. The van der Waals surface area contributed by atoms with Crippen molar-refractivity contribution in [3.8, 4) is 0 Å². The van der Waals surface area contributed by atoms with E-state index in [1.807, 2.05) is 0 Å². The first-order chi connectivity index (χ1) is 8.28. The second-order valence-electron chi connectivity index (χ2n) is 6.37. The molecule has 0 aliphatic heterocycles. The smallest absolute Gasteiger partial charge is 0.407 e. The van der Waals surface area contributed by atoms with E-state index in [9.17, 15) is 14.7 Å². The topological polar surface area (TPSA) is 75.6 Å². The van der Waals surface area contributed by atoms with Crippen molar-refractivity contribution in [2.75, 3.05) is 0 Å². The molecule has 102 valence electrons. The Balaban J connectivity index is 2.00. The zero-order chi connectivity index (χ0) is 13.5. The Labute approximate surface area is 107 Å². The van der Waals surface area contributed by atoms with E-state index in [0.717, 1.165) is 19.3 Å². The first kappa shape index (κ1) is 13.2. The Morgan fingerprint density at radius 2 is 1.83 bits per heavy atom. The third-order valence-corrected chi connectivity index (χ3v) is 3.88. The molecule has 2 rings (SSSR count). The summed E-state index contributed by atoms with van der Waals surface area (Å²) in [5.41, 5.74) is -0.555. The number of alkyl carbamates (subject to hydrolysis) is 1. The van der Waals surface area contributed by atoms with E-state index in [0.29, 0.717) is 5.92 Å². The monoisotopic (exact) mass is 255 g/mol. The Kier molecular flexibility index (Phi) is 3.25. The molecule has 2 N–H and O–H groups in total. The number of carbonyl (C=O) groups is 2. The summed E-state index contributed by atoms with van der Waals surface area (Å²) in [4.78, 5) is 23.0. The fraction of sp³-hybridized carbons (Fsp3) is 0.846. The quantitative estimate of drug-likeness (QED) is 0.791. The molecule has 0 unspecified atom stereocenters. The number of ether oxygens (including phenoxy) is 1. The van der Waals surface area contributed by atoms with E-state index < -0.39 is 23.6 Å². The van der Waals surface area contributed by atoms with Gasteiger partial charge in [-0.25, -0.2) is 4.79 Å². The molecule has 0 aromatic rings. The number of nitrogens with one attached hydrogen (secondary N) is 1. The maximum Gasteiger partial charge on any atom is 0.407 e. The summed E-state index contributed by atoms with van der Waals surface area (Å²) in [6.45, 7) is 5.38. The third kappa shape index (κ3) is 2.60.